The molecule has 5 nitrogen and oxygen atoms in total. The van der Waals surface area contributed by atoms with Crippen molar-refractivity contribution in [2.45, 2.75) is 25.6 Å². The Hall–Kier alpha value is -2.08. The van der Waals surface area contributed by atoms with Gasteiger partial charge in [-0.25, -0.2) is 4.79 Å². The van der Waals surface area contributed by atoms with E-state index in [0.717, 1.165) is 17.5 Å². The van der Waals surface area contributed by atoms with Crippen LogP contribution in [0.25, 0.3) is 11.1 Å². The highest BCUT2D eigenvalue weighted by Crippen LogP contribution is 2.37. The van der Waals surface area contributed by atoms with Crippen LogP contribution < -0.4 is 0 Å². The van der Waals surface area contributed by atoms with E-state index in [4.69, 9.17) is 16.3 Å². The highest BCUT2D eigenvalue weighted by Gasteiger charge is 2.31. The Morgan fingerprint density at radius 1 is 1.35 bits per heavy atom. The van der Waals surface area contributed by atoms with Crippen LogP contribution in [0.2, 0.25) is 5.02 Å². The quantitative estimate of drug-likeness (QED) is 0.847. The van der Waals surface area contributed by atoms with Gasteiger partial charge in [-0.3, -0.25) is 0 Å². The van der Waals surface area contributed by atoms with Crippen molar-refractivity contribution >= 4 is 17.7 Å². The van der Waals surface area contributed by atoms with Crippen LogP contribution in [0.3, 0.4) is 0 Å². The maximum Gasteiger partial charge on any atom is 0.407 e. The topological polar surface area (TPSA) is 70.0 Å². The van der Waals surface area contributed by atoms with Gasteiger partial charge in [0.15, 0.2) is 0 Å². The van der Waals surface area contributed by atoms with Crippen LogP contribution in [-0.2, 0) is 11.2 Å². The largest absolute Gasteiger partial charge is 0.465 e. The second kappa shape index (κ2) is 8.08. The van der Waals surface area contributed by atoms with Crippen LogP contribution in [0.5, 0.6) is 0 Å². The van der Waals surface area contributed by atoms with E-state index in [1.54, 1.807) is 12.1 Å². The molecule has 26 heavy (non-hydrogen) atoms. The minimum atomic E-state index is -1.01. The Morgan fingerprint density at radius 3 is 2.85 bits per heavy atom. The lowest BCUT2D eigenvalue weighted by atomic mass is 9.92. The van der Waals surface area contributed by atoms with Crippen LogP contribution in [0.4, 0.5) is 4.79 Å². The van der Waals surface area contributed by atoms with Gasteiger partial charge >= 0.3 is 6.09 Å². The molecule has 6 heteroatoms. The number of aryl methyl sites for hydroxylation is 1. The Labute approximate surface area is 157 Å². The van der Waals surface area contributed by atoms with Crippen molar-refractivity contribution < 1.29 is 19.7 Å². The van der Waals surface area contributed by atoms with Crippen molar-refractivity contribution in [2.24, 2.45) is 0 Å². The van der Waals surface area contributed by atoms with Gasteiger partial charge in [-0.05, 0) is 29.2 Å². The molecular weight excluding hydrogens is 354 g/mol. The molecule has 2 aromatic carbocycles. The zero-order valence-corrected chi connectivity index (χ0v) is 15.3. The summed E-state index contributed by atoms with van der Waals surface area (Å²) >= 11 is 6.47. The Morgan fingerprint density at radius 2 is 2.12 bits per heavy atom. The van der Waals surface area contributed by atoms with E-state index in [1.165, 1.54) is 10.5 Å². The monoisotopic (exact) mass is 375 g/mol. The van der Waals surface area contributed by atoms with Crippen molar-refractivity contribution in [3.8, 4) is 11.1 Å². The molecule has 1 amide bonds. The second-order valence-corrected chi connectivity index (χ2v) is 6.75. The lowest BCUT2D eigenvalue weighted by Crippen LogP contribution is -2.47. The number of carboxylic acid groups (broad SMARTS) is 1. The van der Waals surface area contributed by atoms with Crippen molar-refractivity contribution in [2.75, 3.05) is 19.7 Å². The number of hydrogen-bond donors (Lipinski definition) is 2. The van der Waals surface area contributed by atoms with E-state index in [9.17, 15) is 15.0 Å². The summed E-state index contributed by atoms with van der Waals surface area (Å²) in [5, 5.41) is 20.7. The molecule has 2 N–H and O–H groups in total. The van der Waals surface area contributed by atoms with Crippen LogP contribution in [-0.4, -0.2) is 47.0 Å². The van der Waals surface area contributed by atoms with Gasteiger partial charge in [-0.15, -0.1) is 0 Å². The number of aliphatic hydroxyl groups is 1. The Balaban J connectivity index is 1.97. The SMILES string of the molecule is CCc1cccc(-c2c(Cl)cccc2C(O)[C@H]2CN(C(=O)O)CCO2)c1. The van der Waals surface area contributed by atoms with Crippen LogP contribution >= 0.6 is 11.6 Å². The van der Waals surface area contributed by atoms with E-state index in [-0.39, 0.29) is 13.2 Å². The van der Waals surface area contributed by atoms with Crippen molar-refractivity contribution in [3.05, 3.63) is 58.6 Å². The lowest BCUT2D eigenvalue weighted by molar-refractivity contribution is -0.0834. The molecule has 0 bridgehead atoms. The minimum absolute atomic E-state index is 0.122. The van der Waals surface area contributed by atoms with Crippen molar-refractivity contribution in [3.63, 3.8) is 0 Å². The first-order chi connectivity index (χ1) is 12.5. The molecule has 0 spiro atoms. The van der Waals surface area contributed by atoms with Gasteiger partial charge in [0.1, 0.15) is 12.2 Å². The zero-order valence-electron chi connectivity index (χ0n) is 14.6. The second-order valence-electron chi connectivity index (χ2n) is 6.34. The number of ether oxygens (including phenoxy) is 1. The minimum Gasteiger partial charge on any atom is -0.465 e. The number of hydrogen-bond acceptors (Lipinski definition) is 3. The molecule has 2 atom stereocenters. The first kappa shape index (κ1) is 18.7. The maximum atomic E-state index is 11.2. The summed E-state index contributed by atoms with van der Waals surface area (Å²) in [6.07, 6.45) is -1.72. The molecule has 1 aliphatic rings. The highest BCUT2D eigenvalue weighted by atomic mass is 35.5. The average Bonchev–Trinajstić information content (AvgIpc) is 2.67. The predicted molar refractivity (Wildman–Crippen MR) is 101 cm³/mol. The van der Waals surface area contributed by atoms with E-state index in [2.05, 4.69) is 13.0 Å². The third-order valence-electron chi connectivity index (χ3n) is 4.70. The molecule has 0 radical (unpaired) electrons. The normalized spacial score (nSPS) is 18.6. The number of aliphatic hydroxyl groups excluding tert-OH is 1. The third kappa shape index (κ3) is 3.85. The first-order valence-corrected chi connectivity index (χ1v) is 9.04. The van der Waals surface area contributed by atoms with Crippen LogP contribution in [0.15, 0.2) is 42.5 Å². The summed E-state index contributed by atoms with van der Waals surface area (Å²) in [7, 11) is 0. The molecule has 2 aromatic rings. The lowest BCUT2D eigenvalue weighted by Gasteiger charge is -2.34. The predicted octanol–water partition coefficient (Wildman–Crippen LogP) is 3.98. The fourth-order valence-electron chi connectivity index (χ4n) is 3.28. The molecule has 0 aliphatic carbocycles. The summed E-state index contributed by atoms with van der Waals surface area (Å²) in [5.41, 5.74) is 3.50. The van der Waals surface area contributed by atoms with Crippen molar-refractivity contribution in [1.29, 1.82) is 0 Å². The number of halogens is 1. The summed E-state index contributed by atoms with van der Waals surface area (Å²) in [5.74, 6) is 0. The van der Waals surface area contributed by atoms with Crippen LogP contribution in [0, 0.1) is 0 Å². The fraction of sp³-hybridized carbons (Fsp3) is 0.350. The fourth-order valence-corrected chi connectivity index (χ4v) is 3.57. The highest BCUT2D eigenvalue weighted by molar-refractivity contribution is 6.33. The van der Waals surface area contributed by atoms with E-state index in [0.29, 0.717) is 17.1 Å². The number of rotatable bonds is 4. The number of benzene rings is 2. The number of morpholine rings is 1. The molecule has 1 aliphatic heterocycles. The van der Waals surface area contributed by atoms with Gasteiger partial charge in [-0.1, -0.05) is 54.9 Å². The molecule has 0 aromatic heterocycles. The average molecular weight is 376 g/mol. The van der Waals surface area contributed by atoms with E-state index in [1.807, 2.05) is 24.3 Å². The molecule has 1 heterocycles. The van der Waals surface area contributed by atoms with Gasteiger partial charge in [0, 0.05) is 17.1 Å². The van der Waals surface area contributed by atoms with Gasteiger partial charge < -0.3 is 19.8 Å². The smallest absolute Gasteiger partial charge is 0.407 e. The maximum absolute atomic E-state index is 11.2. The van der Waals surface area contributed by atoms with E-state index >= 15 is 0 Å². The van der Waals surface area contributed by atoms with Gasteiger partial charge in [-0.2, -0.15) is 0 Å². The summed E-state index contributed by atoms with van der Waals surface area (Å²) in [6.45, 7) is 2.77. The summed E-state index contributed by atoms with van der Waals surface area (Å²) in [4.78, 5) is 12.5. The molecule has 1 saturated heterocycles. The molecule has 3 rings (SSSR count). The molecule has 1 fully saturated rings. The number of carbonyl (C=O) groups is 1. The molecule has 1 unspecified atom stereocenters. The van der Waals surface area contributed by atoms with Crippen LogP contribution in [0.1, 0.15) is 24.2 Å². The van der Waals surface area contributed by atoms with Gasteiger partial charge in [0.2, 0.25) is 0 Å². The molecule has 138 valence electrons. The zero-order chi connectivity index (χ0) is 18.7. The summed E-state index contributed by atoms with van der Waals surface area (Å²) in [6, 6.07) is 13.4. The molecular formula is C20H22ClNO4. The van der Waals surface area contributed by atoms with E-state index < -0.39 is 18.3 Å². The van der Waals surface area contributed by atoms with Gasteiger partial charge in [0.05, 0.1) is 13.2 Å². The molecule has 0 saturated carbocycles. The third-order valence-corrected chi connectivity index (χ3v) is 5.02. The number of nitrogens with zero attached hydrogens (tertiary/aromatic N) is 1. The summed E-state index contributed by atoms with van der Waals surface area (Å²) < 4.78 is 5.65. The number of amides is 1. The van der Waals surface area contributed by atoms with Gasteiger partial charge in [0.25, 0.3) is 0 Å². The Bertz CT molecular complexity index is 795. The van der Waals surface area contributed by atoms with Crippen molar-refractivity contribution in [1.82, 2.24) is 4.90 Å². The first-order valence-electron chi connectivity index (χ1n) is 8.66. The standard InChI is InChI=1S/C20H22ClNO4/c1-2-13-5-3-6-14(11-13)18-15(7-4-8-16(18)21)19(23)17-12-22(20(24)25)9-10-26-17/h3-8,11,17,19,23H,2,9-10,12H2,1H3,(H,24,25)/t17-,19?/m1/s1. The Kier molecular flexibility index (Phi) is 5.81.